The highest BCUT2D eigenvalue weighted by Gasteiger charge is 2.39. The van der Waals surface area contributed by atoms with Crippen molar-refractivity contribution in [1.29, 1.82) is 0 Å². The molecule has 0 spiro atoms. The Morgan fingerprint density at radius 1 is 1.00 bits per heavy atom. The Balaban J connectivity index is 2.95. The lowest BCUT2D eigenvalue weighted by Crippen LogP contribution is -2.22. The van der Waals surface area contributed by atoms with Crippen LogP contribution in [0.15, 0.2) is 18.2 Å². The third-order valence-electron chi connectivity index (χ3n) is 2.44. The zero-order valence-corrected chi connectivity index (χ0v) is 13.0. The first kappa shape index (κ1) is 19.8. The number of aryl methyl sites for hydroxylation is 2. The predicted molar refractivity (Wildman–Crippen MR) is 71.2 cm³/mol. The van der Waals surface area contributed by atoms with Crippen LogP contribution in [0.2, 0.25) is 0 Å². The second-order valence-corrected chi connectivity index (χ2v) is 6.44. The first-order valence-corrected chi connectivity index (χ1v) is 7.72. The summed E-state index contributed by atoms with van der Waals surface area (Å²) in [6.45, 7) is -0.760. The van der Waals surface area contributed by atoms with Crippen LogP contribution >= 0.6 is 7.75 Å². The normalized spacial score (nSPS) is 13.2. The molecule has 0 fully saturated rings. The fourth-order valence-corrected chi connectivity index (χ4v) is 2.89. The summed E-state index contributed by atoms with van der Waals surface area (Å²) in [5.74, 6) is 0. The Kier molecular flexibility index (Phi) is 6.12. The minimum atomic E-state index is -4.87. The number of hydrogen-bond acceptors (Lipinski definition) is 3. The summed E-state index contributed by atoms with van der Waals surface area (Å²) in [6.07, 6.45) is -9.75. The minimum Gasteiger partial charge on any atom is -0.293 e. The van der Waals surface area contributed by atoms with E-state index >= 15 is 0 Å². The standard InChI is InChI=1S/C12H14F6NO3P/c1-8-3-4-10(9(2)5-8)19-23(20,21-6-11(13,14)15)22-7-12(16,17)18/h3-5H,6-7H2,1-2H3,(H,19,20). The van der Waals surface area contributed by atoms with Gasteiger partial charge in [-0.25, -0.2) is 4.57 Å². The lowest BCUT2D eigenvalue weighted by Gasteiger charge is -2.22. The van der Waals surface area contributed by atoms with Gasteiger partial charge >= 0.3 is 20.1 Å². The van der Waals surface area contributed by atoms with Crippen molar-refractivity contribution in [1.82, 2.24) is 0 Å². The molecular formula is C12H14F6NO3P. The lowest BCUT2D eigenvalue weighted by atomic mass is 10.1. The topological polar surface area (TPSA) is 47.6 Å². The van der Waals surface area contributed by atoms with Gasteiger partial charge in [0.05, 0.1) is 0 Å². The predicted octanol–water partition coefficient (Wildman–Crippen LogP) is 4.98. The molecule has 0 amide bonds. The maximum atomic E-state index is 12.2. The van der Waals surface area contributed by atoms with Gasteiger partial charge in [0.2, 0.25) is 0 Å². The monoisotopic (exact) mass is 365 g/mol. The maximum absolute atomic E-state index is 12.2. The molecule has 1 aromatic rings. The van der Waals surface area contributed by atoms with Crippen LogP contribution in [0.5, 0.6) is 0 Å². The third-order valence-corrected chi connectivity index (χ3v) is 3.89. The van der Waals surface area contributed by atoms with E-state index in [1.165, 1.54) is 19.1 Å². The molecule has 1 N–H and O–H groups in total. The van der Waals surface area contributed by atoms with Crippen LogP contribution in [-0.2, 0) is 13.6 Å². The fourth-order valence-electron chi connectivity index (χ4n) is 1.50. The highest BCUT2D eigenvalue weighted by molar-refractivity contribution is 7.55. The van der Waals surface area contributed by atoms with Crippen LogP contribution in [0.4, 0.5) is 32.0 Å². The molecule has 1 aromatic carbocycles. The van der Waals surface area contributed by atoms with Crippen molar-refractivity contribution in [2.75, 3.05) is 18.3 Å². The summed E-state index contributed by atoms with van der Waals surface area (Å²) in [5.41, 5.74) is 1.30. The Morgan fingerprint density at radius 2 is 1.48 bits per heavy atom. The molecule has 0 atom stereocenters. The first-order chi connectivity index (χ1) is 10.3. The van der Waals surface area contributed by atoms with Gasteiger partial charge in [-0.2, -0.15) is 26.3 Å². The largest absolute Gasteiger partial charge is 0.433 e. The molecule has 0 aliphatic heterocycles. The van der Waals surface area contributed by atoms with Gasteiger partial charge in [0, 0.05) is 5.69 Å². The first-order valence-electron chi connectivity index (χ1n) is 6.18. The van der Waals surface area contributed by atoms with Crippen molar-refractivity contribution in [2.45, 2.75) is 26.2 Å². The Hall–Kier alpha value is -1.25. The molecule has 0 saturated heterocycles. The van der Waals surface area contributed by atoms with E-state index in [1.54, 1.807) is 13.0 Å². The summed E-state index contributed by atoms with van der Waals surface area (Å²) >= 11 is 0. The molecule has 23 heavy (non-hydrogen) atoms. The Bertz CT molecular complexity index is 565. The van der Waals surface area contributed by atoms with E-state index in [2.05, 4.69) is 9.05 Å². The average molecular weight is 365 g/mol. The van der Waals surface area contributed by atoms with Gasteiger partial charge in [0.1, 0.15) is 0 Å². The van der Waals surface area contributed by atoms with Gasteiger partial charge in [-0.1, -0.05) is 17.7 Å². The van der Waals surface area contributed by atoms with Crippen molar-refractivity contribution in [2.24, 2.45) is 0 Å². The zero-order chi connectivity index (χ0) is 17.9. The molecule has 0 saturated carbocycles. The second kappa shape index (κ2) is 7.11. The van der Waals surface area contributed by atoms with Crippen LogP contribution in [0.3, 0.4) is 0 Å². The smallest absolute Gasteiger partial charge is 0.293 e. The number of benzene rings is 1. The number of nitrogens with one attached hydrogen (secondary N) is 1. The quantitative estimate of drug-likeness (QED) is 0.571. The summed E-state index contributed by atoms with van der Waals surface area (Å²) < 4.78 is 93.4. The zero-order valence-electron chi connectivity index (χ0n) is 12.1. The molecule has 0 aliphatic carbocycles. The molecule has 11 heteroatoms. The van der Waals surface area contributed by atoms with Crippen molar-refractivity contribution < 1.29 is 40.0 Å². The Morgan fingerprint density at radius 3 is 1.87 bits per heavy atom. The molecule has 0 aliphatic rings. The van der Waals surface area contributed by atoms with Gasteiger partial charge in [-0.15, -0.1) is 0 Å². The molecular weight excluding hydrogens is 351 g/mol. The summed E-state index contributed by atoms with van der Waals surface area (Å²) in [6, 6.07) is 4.48. The van der Waals surface area contributed by atoms with Crippen molar-refractivity contribution in [3.05, 3.63) is 29.3 Å². The molecule has 1 rings (SSSR count). The molecule has 4 nitrogen and oxygen atoms in total. The SMILES string of the molecule is Cc1ccc(NP(=O)(OCC(F)(F)F)OCC(F)(F)F)c(C)c1. The number of anilines is 1. The number of rotatable bonds is 6. The molecule has 0 bridgehead atoms. The molecule has 0 aromatic heterocycles. The van der Waals surface area contributed by atoms with Gasteiger partial charge in [0.15, 0.2) is 13.2 Å². The number of hydrogen-bond donors (Lipinski definition) is 1. The number of halogens is 6. The third kappa shape index (κ3) is 7.71. The van der Waals surface area contributed by atoms with Gasteiger partial charge in [0.25, 0.3) is 0 Å². The maximum Gasteiger partial charge on any atom is 0.433 e. The highest BCUT2D eigenvalue weighted by atomic mass is 31.2. The van der Waals surface area contributed by atoms with Crippen molar-refractivity contribution >= 4 is 13.4 Å². The van der Waals surface area contributed by atoms with Crippen LogP contribution in [0.25, 0.3) is 0 Å². The van der Waals surface area contributed by atoms with E-state index in [0.717, 1.165) is 5.56 Å². The van der Waals surface area contributed by atoms with Crippen molar-refractivity contribution in [3.8, 4) is 0 Å². The van der Waals surface area contributed by atoms with E-state index < -0.39 is 33.3 Å². The molecule has 132 valence electrons. The van der Waals surface area contributed by atoms with E-state index in [0.29, 0.717) is 5.56 Å². The molecule has 0 unspecified atom stereocenters. The van der Waals surface area contributed by atoms with Gasteiger partial charge in [-0.3, -0.25) is 14.1 Å². The van der Waals surface area contributed by atoms with E-state index in [-0.39, 0.29) is 5.69 Å². The second-order valence-electron chi connectivity index (χ2n) is 4.70. The summed E-state index contributed by atoms with van der Waals surface area (Å²) in [4.78, 5) is 0. The number of alkyl halides is 6. The molecule has 0 heterocycles. The minimum absolute atomic E-state index is 0.0447. The Labute approximate surface area is 128 Å². The van der Waals surface area contributed by atoms with Gasteiger partial charge in [-0.05, 0) is 25.5 Å². The van der Waals surface area contributed by atoms with E-state index in [9.17, 15) is 30.9 Å². The van der Waals surface area contributed by atoms with Crippen LogP contribution < -0.4 is 5.09 Å². The summed E-state index contributed by atoms with van der Waals surface area (Å²) in [7, 11) is -4.87. The highest BCUT2D eigenvalue weighted by Crippen LogP contribution is 2.50. The summed E-state index contributed by atoms with van der Waals surface area (Å²) in [5, 5.41) is 2.01. The van der Waals surface area contributed by atoms with Crippen LogP contribution in [-0.4, -0.2) is 25.6 Å². The fraction of sp³-hybridized carbons (Fsp3) is 0.500. The van der Waals surface area contributed by atoms with E-state index in [1.807, 2.05) is 5.09 Å². The van der Waals surface area contributed by atoms with Crippen LogP contribution in [0, 0.1) is 13.8 Å². The van der Waals surface area contributed by atoms with Gasteiger partial charge < -0.3 is 0 Å². The average Bonchev–Trinajstić information content (AvgIpc) is 2.37. The molecule has 0 radical (unpaired) electrons. The van der Waals surface area contributed by atoms with Crippen LogP contribution in [0.1, 0.15) is 11.1 Å². The van der Waals surface area contributed by atoms with E-state index in [4.69, 9.17) is 0 Å². The lowest BCUT2D eigenvalue weighted by molar-refractivity contribution is -0.165. The van der Waals surface area contributed by atoms with Crippen molar-refractivity contribution in [3.63, 3.8) is 0 Å².